The van der Waals surface area contributed by atoms with Crippen molar-refractivity contribution in [3.05, 3.63) is 11.4 Å². The molecule has 0 radical (unpaired) electrons. The highest BCUT2D eigenvalue weighted by Crippen LogP contribution is 2.51. The molecular formula is C110H225N9O. The predicted octanol–water partition coefficient (Wildman–Crippen LogP) is 29.7. The zero-order valence-electron chi connectivity index (χ0n) is 88.3. The predicted molar refractivity (Wildman–Crippen MR) is 538 cm³/mol. The average Bonchev–Trinajstić information content (AvgIpc) is 0.802. The Labute approximate surface area is 756 Å². The molecule has 6 aliphatic rings. The molecule has 6 aliphatic carbocycles. The maximum Gasteiger partial charge on any atom is 0.226 e. The van der Waals surface area contributed by atoms with Crippen LogP contribution in [0.5, 0.6) is 0 Å². The number of hydrogen-bond donors (Lipinski definition) is 8. The summed E-state index contributed by atoms with van der Waals surface area (Å²) in [6.45, 7) is 94.3. The second kappa shape index (κ2) is 62.4. The van der Waals surface area contributed by atoms with E-state index in [9.17, 15) is 0 Å². The summed E-state index contributed by atoms with van der Waals surface area (Å²) in [4.78, 5) is 3.44. The van der Waals surface area contributed by atoms with Crippen LogP contribution in [0.3, 0.4) is 0 Å². The summed E-state index contributed by atoms with van der Waals surface area (Å²) in [6, 6.07) is 9.01. The van der Waals surface area contributed by atoms with Gasteiger partial charge in [0.05, 0.1) is 6.54 Å². The Kier molecular flexibility index (Phi) is 60.9. The maximum atomic E-state index is 6.87. The van der Waals surface area contributed by atoms with Crippen LogP contribution >= 0.6 is 0 Å². The summed E-state index contributed by atoms with van der Waals surface area (Å²) in [7, 11) is 0. The van der Waals surface area contributed by atoms with E-state index >= 15 is 0 Å². The Bertz CT molecular complexity index is 2350. The van der Waals surface area contributed by atoms with Crippen LogP contribution in [0.4, 0.5) is 0 Å². The van der Waals surface area contributed by atoms with Crippen molar-refractivity contribution >= 4 is 0 Å². The molecule has 10 heteroatoms. The van der Waals surface area contributed by atoms with Crippen molar-refractivity contribution in [2.45, 2.75) is 565 Å². The van der Waals surface area contributed by atoms with Crippen LogP contribution in [-0.4, -0.2) is 118 Å². The molecule has 6 saturated carbocycles. The van der Waals surface area contributed by atoms with Crippen LogP contribution in [-0.2, 0) is 4.74 Å². The summed E-state index contributed by atoms with van der Waals surface area (Å²) in [5.74, 6) is 9.55. The molecule has 0 spiro atoms. The largest absolute Gasteiger partial charge is 0.381 e. The first kappa shape index (κ1) is 117. The van der Waals surface area contributed by atoms with Crippen LogP contribution in [0.2, 0.25) is 0 Å². The second-order valence-corrected chi connectivity index (χ2v) is 48.9. The Morgan fingerprint density at radius 1 is 0.400 bits per heavy atom. The molecular weight excluding hydrogens is 1460 g/mol. The van der Waals surface area contributed by atoms with Crippen molar-refractivity contribution in [1.29, 1.82) is 0 Å². The van der Waals surface area contributed by atoms with E-state index in [1.807, 2.05) is 0 Å². The lowest BCUT2D eigenvalue weighted by molar-refractivity contribution is 0.0569. The van der Waals surface area contributed by atoms with Crippen molar-refractivity contribution in [2.24, 2.45) is 97.6 Å². The maximum absolute atomic E-state index is 6.87. The Morgan fingerprint density at radius 3 is 1.13 bits per heavy atom. The molecule has 10 nitrogen and oxygen atoms in total. The molecule has 0 aromatic carbocycles. The molecule has 18 unspecified atom stereocenters. The van der Waals surface area contributed by atoms with E-state index < -0.39 is 0 Å². The third-order valence-electron chi connectivity index (χ3n) is 30.0. The van der Waals surface area contributed by atoms with E-state index in [1.165, 1.54) is 244 Å². The molecule has 0 aromatic rings. The van der Waals surface area contributed by atoms with Gasteiger partial charge in [-0.15, -0.1) is 0 Å². The lowest BCUT2D eigenvalue weighted by Gasteiger charge is -2.48. The monoisotopic (exact) mass is 1690 g/mol. The van der Waals surface area contributed by atoms with Crippen molar-refractivity contribution in [2.75, 3.05) is 39.4 Å². The highest BCUT2D eigenvalue weighted by Gasteiger charge is 2.43. The molecule has 120 heavy (non-hydrogen) atoms. The van der Waals surface area contributed by atoms with Gasteiger partial charge in [-0.2, -0.15) is 0 Å². The number of hydrogen-bond acceptors (Lipinski definition) is 9. The highest BCUT2D eigenvalue weighted by atomic mass is 16.5. The van der Waals surface area contributed by atoms with E-state index in [2.05, 4.69) is 290 Å². The van der Waals surface area contributed by atoms with E-state index in [-0.39, 0.29) is 0 Å². The van der Waals surface area contributed by atoms with Gasteiger partial charge in [-0.05, 0) is 358 Å². The van der Waals surface area contributed by atoms with Crippen molar-refractivity contribution in [3.8, 4) is 0 Å². The fourth-order valence-electron chi connectivity index (χ4n) is 22.2. The molecule has 0 heterocycles. The van der Waals surface area contributed by atoms with E-state index in [0.29, 0.717) is 105 Å². The minimum absolute atomic E-state index is 0.368. The lowest BCUT2D eigenvalue weighted by atomic mass is 9.61. The molecule has 8 N–H and O–H groups in total. The van der Waals surface area contributed by atoms with Gasteiger partial charge in [0.15, 0.2) is 0 Å². The van der Waals surface area contributed by atoms with E-state index in [0.717, 1.165) is 110 Å². The third-order valence-corrected chi connectivity index (χ3v) is 30.0. The minimum atomic E-state index is 0.368. The molecule has 0 aliphatic heterocycles. The zero-order valence-corrected chi connectivity index (χ0v) is 88.3. The van der Waals surface area contributed by atoms with E-state index in [1.54, 1.807) is 0 Å². The number of rotatable bonds is 45. The van der Waals surface area contributed by atoms with Crippen LogP contribution < -0.4 is 42.5 Å². The standard InChI is InChI=1S/C23H46N2.C21H42N2.C18H40N2.C17H32N2.C17H35N.C14H30O/c1-7-18(5)24-22-11-9-20(13-16(22)3)15-21-10-12-23(17(4)14-21)25-19(6)8-2;1-5-16(3)22-20-11-7-18(8-12-20)15-19-9-13-21(14-10-19)23-17(4)6-2;1-15(17(3,4)5)19-13-11-9-10-12-14-20-16(2)18(6,7)8;1-6-7-8-9-17(4)13-15(19-11-10-18-5)12-16(2,3)14-17;1-13(2)8-9-17(7)11-15(18-14(3)4)10-16(5,6)12-17;1-11(2)7-13(5)9-15-10-14(6)8-12(3)4/h16-25H,7-15H2,1-6H3;16-23H,5-15H2,1-4H3;15-16,19-20H,9-14H2,1-8H3;15,19H,6-14H2,1-4H3;13-15,18H,8-12H2,1-7H3;11-14H,7-10H2,1-6H3. The van der Waals surface area contributed by atoms with Crippen molar-refractivity contribution < 1.29 is 4.74 Å². The summed E-state index contributed by atoms with van der Waals surface area (Å²) < 4.78 is 5.76. The van der Waals surface area contributed by atoms with Crippen molar-refractivity contribution in [3.63, 3.8) is 0 Å². The number of unbranched alkanes of at least 4 members (excludes halogenated alkanes) is 5. The number of nitrogens with one attached hydrogen (secondary N) is 8. The van der Waals surface area contributed by atoms with Gasteiger partial charge in [0.25, 0.3) is 0 Å². The first-order chi connectivity index (χ1) is 56.0. The molecule has 0 amide bonds. The molecule has 0 aromatic heterocycles. The van der Waals surface area contributed by atoms with Crippen molar-refractivity contribution in [1.82, 2.24) is 42.5 Å². The Balaban J connectivity index is 0.000000725. The van der Waals surface area contributed by atoms with Gasteiger partial charge in [0, 0.05) is 91.8 Å². The number of ether oxygens (including phenoxy) is 1. The van der Waals surface area contributed by atoms with Gasteiger partial charge < -0.3 is 52.1 Å². The third kappa shape index (κ3) is 56.6. The van der Waals surface area contributed by atoms with Crippen LogP contribution in [0, 0.1) is 104 Å². The first-order valence-corrected chi connectivity index (χ1v) is 52.9. The molecule has 0 bridgehead atoms. The van der Waals surface area contributed by atoms with Crippen LogP contribution in [0.1, 0.15) is 486 Å². The minimum Gasteiger partial charge on any atom is -0.381 e. The first-order valence-electron chi connectivity index (χ1n) is 52.9. The average molecular weight is 1690 g/mol. The summed E-state index contributed by atoms with van der Waals surface area (Å²) in [5, 5.41) is 30.0. The number of nitrogens with zero attached hydrogens (tertiary/aromatic N) is 1. The lowest BCUT2D eigenvalue weighted by Crippen LogP contribution is -2.47. The van der Waals surface area contributed by atoms with Crippen LogP contribution in [0.15, 0.2) is 0 Å². The summed E-state index contributed by atoms with van der Waals surface area (Å²) in [6.07, 6.45) is 52.2. The summed E-state index contributed by atoms with van der Waals surface area (Å²) in [5.41, 5.74) is 2.71. The normalized spacial score (nSPS) is 29.1. The van der Waals surface area contributed by atoms with Gasteiger partial charge in [-0.1, -0.05) is 239 Å². The Hall–Kier alpha value is -0.870. The van der Waals surface area contributed by atoms with Gasteiger partial charge in [0.1, 0.15) is 0 Å². The smallest absolute Gasteiger partial charge is 0.226 e. The molecule has 18 atom stereocenters. The highest BCUT2D eigenvalue weighted by molar-refractivity contribution is 4.97. The zero-order chi connectivity index (χ0) is 91.0. The fourth-order valence-corrected chi connectivity index (χ4v) is 22.2. The van der Waals surface area contributed by atoms with Gasteiger partial charge >= 0.3 is 0 Å². The van der Waals surface area contributed by atoms with Gasteiger partial charge in [0.2, 0.25) is 6.54 Å². The Morgan fingerprint density at radius 2 is 0.775 bits per heavy atom. The van der Waals surface area contributed by atoms with Gasteiger partial charge in [-0.25, -0.2) is 6.57 Å². The molecule has 6 fully saturated rings. The van der Waals surface area contributed by atoms with Crippen LogP contribution in [0.25, 0.3) is 4.85 Å². The fraction of sp³-hybridized carbons (Fsp3) is 0.991. The molecule has 716 valence electrons. The SMILES string of the molecule is CC(C)CC(C)COCC(C)CC(C)C.CC(C)CCC1(C)CC(NC(C)C)CC(C)(C)C1.CC(NCCCCCCNC(C)C(C)(C)C)C(C)(C)C.CCC(C)NC1CCC(CC2CCC(NC(C)CC)C(C)C2)CC1C.CCC(C)NC1CCC(CC2CCC(NC(C)CC)CC2)CC1.[C-]#[N+]CCNC1CC(C)(C)CC(C)(CCCCC)C1. The molecule has 0 saturated heterocycles. The van der Waals surface area contributed by atoms with Gasteiger partial charge in [-0.3, -0.25) is 0 Å². The molecule has 6 rings (SSSR count). The summed E-state index contributed by atoms with van der Waals surface area (Å²) >= 11 is 0. The topological polar surface area (TPSA) is 110 Å². The van der Waals surface area contributed by atoms with E-state index in [4.69, 9.17) is 11.3 Å². The second-order valence-electron chi connectivity index (χ2n) is 48.9. The quantitative estimate of drug-likeness (QED) is 0.0223.